The number of carbonyl (C=O) groups excluding carboxylic acids is 1. The molecule has 0 bridgehead atoms. The number of ether oxygens (including phenoxy) is 1. The minimum absolute atomic E-state index is 0.0133. The first kappa shape index (κ1) is 14.6. The number of morpholine rings is 1. The average Bonchev–Trinajstić information content (AvgIpc) is 2.99. The summed E-state index contributed by atoms with van der Waals surface area (Å²) in [6.07, 6.45) is 7.91. The van der Waals surface area contributed by atoms with E-state index in [-0.39, 0.29) is 11.9 Å². The van der Waals surface area contributed by atoms with Crippen LogP contribution in [0.15, 0.2) is 29.4 Å². The van der Waals surface area contributed by atoms with Crippen LogP contribution in [0.2, 0.25) is 0 Å². The van der Waals surface area contributed by atoms with E-state index in [1.165, 1.54) is 6.39 Å². The molecule has 1 amide bonds. The molecule has 3 rings (SSSR count). The second kappa shape index (κ2) is 6.65. The zero-order valence-electron chi connectivity index (χ0n) is 12.4. The standard InChI is InChI=1S/C15H18N4O3/c1-11-14(18-10-22-11)15(20)19-6-7-21-9-13(19)3-2-12-8-16-4-5-17-12/h4-5,8,10,13H,2-3,6-7,9H2,1H3/t13-/m0/s1. The van der Waals surface area contributed by atoms with Gasteiger partial charge >= 0.3 is 0 Å². The van der Waals surface area contributed by atoms with Crippen molar-refractivity contribution in [1.82, 2.24) is 19.9 Å². The molecule has 0 aliphatic carbocycles. The highest BCUT2D eigenvalue weighted by molar-refractivity contribution is 5.93. The second-order valence-corrected chi connectivity index (χ2v) is 5.22. The van der Waals surface area contributed by atoms with Crippen LogP contribution in [0.25, 0.3) is 0 Å². The van der Waals surface area contributed by atoms with Gasteiger partial charge < -0.3 is 14.1 Å². The van der Waals surface area contributed by atoms with Gasteiger partial charge in [0, 0.05) is 25.1 Å². The lowest BCUT2D eigenvalue weighted by Gasteiger charge is -2.35. The molecule has 1 fully saturated rings. The lowest BCUT2D eigenvalue weighted by Crippen LogP contribution is -2.49. The molecule has 0 N–H and O–H groups in total. The van der Waals surface area contributed by atoms with Gasteiger partial charge in [-0.15, -0.1) is 0 Å². The number of hydrogen-bond acceptors (Lipinski definition) is 6. The Balaban J connectivity index is 1.69. The SMILES string of the molecule is Cc1ocnc1C(=O)N1CCOC[C@@H]1CCc1cnccn1. The third-order valence-corrected chi connectivity index (χ3v) is 3.79. The second-order valence-electron chi connectivity index (χ2n) is 5.22. The minimum Gasteiger partial charge on any atom is -0.448 e. The van der Waals surface area contributed by atoms with Gasteiger partial charge in [0.15, 0.2) is 12.1 Å². The van der Waals surface area contributed by atoms with Gasteiger partial charge in [0.1, 0.15) is 5.76 Å². The summed E-state index contributed by atoms with van der Waals surface area (Å²) in [6.45, 7) is 3.39. The van der Waals surface area contributed by atoms with Crippen molar-refractivity contribution in [3.63, 3.8) is 0 Å². The topological polar surface area (TPSA) is 81.4 Å². The number of aromatic nitrogens is 3. The normalized spacial score (nSPS) is 18.4. The Labute approximate surface area is 128 Å². The fraction of sp³-hybridized carbons (Fsp3) is 0.467. The van der Waals surface area contributed by atoms with E-state index in [1.54, 1.807) is 25.5 Å². The molecular weight excluding hydrogens is 284 g/mol. The minimum atomic E-state index is -0.0984. The molecule has 7 nitrogen and oxygen atoms in total. The molecule has 1 atom stereocenters. The van der Waals surface area contributed by atoms with Crippen LogP contribution in [0.5, 0.6) is 0 Å². The quantitative estimate of drug-likeness (QED) is 0.845. The molecule has 1 saturated heterocycles. The summed E-state index contributed by atoms with van der Waals surface area (Å²) in [4.78, 5) is 26.8. The summed E-state index contributed by atoms with van der Waals surface area (Å²) in [6, 6.07) is 0.0133. The van der Waals surface area contributed by atoms with Gasteiger partial charge in [-0.1, -0.05) is 0 Å². The molecule has 3 heterocycles. The van der Waals surface area contributed by atoms with Gasteiger partial charge in [-0.05, 0) is 19.8 Å². The van der Waals surface area contributed by atoms with E-state index in [2.05, 4.69) is 15.0 Å². The van der Waals surface area contributed by atoms with Crippen molar-refractivity contribution in [2.45, 2.75) is 25.8 Å². The molecule has 2 aromatic rings. The molecule has 1 aliphatic heterocycles. The smallest absolute Gasteiger partial charge is 0.276 e. The molecule has 0 spiro atoms. The highest BCUT2D eigenvalue weighted by Gasteiger charge is 2.30. The van der Waals surface area contributed by atoms with Crippen molar-refractivity contribution in [1.29, 1.82) is 0 Å². The van der Waals surface area contributed by atoms with Crippen LogP contribution in [0, 0.1) is 6.92 Å². The summed E-state index contributed by atoms with van der Waals surface area (Å²) in [5.41, 5.74) is 1.30. The van der Waals surface area contributed by atoms with Gasteiger partial charge in [0.05, 0.1) is 24.9 Å². The molecule has 0 saturated carbocycles. The lowest BCUT2D eigenvalue weighted by atomic mass is 10.1. The van der Waals surface area contributed by atoms with E-state index in [1.807, 2.05) is 4.90 Å². The molecule has 7 heteroatoms. The molecule has 1 aliphatic rings. The summed E-state index contributed by atoms with van der Waals surface area (Å²) < 4.78 is 10.7. The first-order valence-corrected chi connectivity index (χ1v) is 7.29. The fourth-order valence-electron chi connectivity index (χ4n) is 2.58. The van der Waals surface area contributed by atoms with Crippen molar-refractivity contribution >= 4 is 5.91 Å². The molecule has 0 unspecified atom stereocenters. The van der Waals surface area contributed by atoms with E-state index >= 15 is 0 Å². The van der Waals surface area contributed by atoms with Crippen LogP contribution in [0.1, 0.15) is 28.4 Å². The van der Waals surface area contributed by atoms with Crippen LogP contribution in [0.4, 0.5) is 0 Å². The Morgan fingerprint density at radius 1 is 1.41 bits per heavy atom. The third kappa shape index (κ3) is 3.14. The van der Waals surface area contributed by atoms with Gasteiger partial charge in [0.2, 0.25) is 0 Å². The number of aryl methyl sites for hydroxylation is 2. The van der Waals surface area contributed by atoms with Gasteiger partial charge in [0.25, 0.3) is 5.91 Å². The number of nitrogens with zero attached hydrogens (tertiary/aromatic N) is 4. The van der Waals surface area contributed by atoms with Crippen molar-refractivity contribution in [2.75, 3.05) is 19.8 Å². The summed E-state index contributed by atoms with van der Waals surface area (Å²) in [7, 11) is 0. The zero-order valence-corrected chi connectivity index (χ0v) is 12.4. The van der Waals surface area contributed by atoms with Gasteiger partial charge in [-0.2, -0.15) is 0 Å². The molecule has 0 radical (unpaired) electrons. The van der Waals surface area contributed by atoms with Crippen LogP contribution < -0.4 is 0 Å². The number of hydrogen-bond donors (Lipinski definition) is 0. The average molecular weight is 302 g/mol. The van der Waals surface area contributed by atoms with Crippen molar-refractivity contribution in [2.24, 2.45) is 0 Å². The van der Waals surface area contributed by atoms with Crippen molar-refractivity contribution < 1.29 is 13.9 Å². The maximum atomic E-state index is 12.6. The predicted octanol–water partition coefficient (Wildman–Crippen LogP) is 1.25. The van der Waals surface area contributed by atoms with E-state index in [9.17, 15) is 4.79 Å². The van der Waals surface area contributed by atoms with E-state index in [0.717, 1.165) is 18.5 Å². The number of carbonyl (C=O) groups is 1. The Morgan fingerprint density at radius 2 is 2.32 bits per heavy atom. The summed E-state index contributed by atoms with van der Waals surface area (Å²) in [5, 5.41) is 0. The van der Waals surface area contributed by atoms with Gasteiger partial charge in [-0.25, -0.2) is 4.98 Å². The first-order chi connectivity index (χ1) is 10.8. The maximum absolute atomic E-state index is 12.6. The Hall–Kier alpha value is -2.28. The van der Waals surface area contributed by atoms with Crippen LogP contribution in [0.3, 0.4) is 0 Å². The maximum Gasteiger partial charge on any atom is 0.276 e. The summed E-state index contributed by atoms with van der Waals surface area (Å²) >= 11 is 0. The summed E-state index contributed by atoms with van der Waals surface area (Å²) in [5.74, 6) is 0.447. The Morgan fingerprint density at radius 3 is 3.05 bits per heavy atom. The van der Waals surface area contributed by atoms with Crippen LogP contribution in [-0.4, -0.2) is 51.6 Å². The highest BCUT2D eigenvalue weighted by Crippen LogP contribution is 2.17. The zero-order chi connectivity index (χ0) is 15.4. The van der Waals surface area contributed by atoms with Crippen LogP contribution >= 0.6 is 0 Å². The van der Waals surface area contributed by atoms with Crippen LogP contribution in [-0.2, 0) is 11.2 Å². The Kier molecular flexibility index (Phi) is 4.43. The van der Waals surface area contributed by atoms with E-state index < -0.39 is 0 Å². The first-order valence-electron chi connectivity index (χ1n) is 7.29. The molecular formula is C15H18N4O3. The number of amides is 1. The number of rotatable bonds is 4. The number of oxazole rings is 1. The van der Waals surface area contributed by atoms with E-state index in [0.29, 0.717) is 31.2 Å². The Bertz CT molecular complexity index is 629. The fourth-order valence-corrected chi connectivity index (χ4v) is 2.58. The van der Waals surface area contributed by atoms with Gasteiger partial charge in [-0.3, -0.25) is 14.8 Å². The predicted molar refractivity (Wildman–Crippen MR) is 77.2 cm³/mol. The molecule has 116 valence electrons. The lowest BCUT2D eigenvalue weighted by molar-refractivity contribution is -0.00449. The molecule has 22 heavy (non-hydrogen) atoms. The third-order valence-electron chi connectivity index (χ3n) is 3.79. The monoisotopic (exact) mass is 302 g/mol. The van der Waals surface area contributed by atoms with Crippen molar-refractivity contribution in [3.8, 4) is 0 Å². The molecule has 0 aromatic carbocycles. The molecule has 2 aromatic heterocycles. The van der Waals surface area contributed by atoms with E-state index in [4.69, 9.17) is 9.15 Å². The highest BCUT2D eigenvalue weighted by atomic mass is 16.5. The van der Waals surface area contributed by atoms with Crippen molar-refractivity contribution in [3.05, 3.63) is 42.1 Å². The largest absolute Gasteiger partial charge is 0.448 e.